The number of benzene rings is 1. The van der Waals surface area contributed by atoms with Gasteiger partial charge in [-0.2, -0.15) is 0 Å². The van der Waals surface area contributed by atoms with Gasteiger partial charge in [0, 0.05) is 18.1 Å². The lowest BCUT2D eigenvalue weighted by atomic mass is 10.1. The van der Waals surface area contributed by atoms with E-state index in [1.165, 1.54) is 12.1 Å². The summed E-state index contributed by atoms with van der Waals surface area (Å²) in [6, 6.07) is 3.01. The van der Waals surface area contributed by atoms with E-state index in [1.807, 2.05) is 6.92 Å². The molecular weight excluding hydrogens is 257 g/mol. The van der Waals surface area contributed by atoms with E-state index in [0.717, 1.165) is 34.4 Å². The Morgan fingerprint density at radius 2 is 2.10 bits per heavy atom. The van der Waals surface area contributed by atoms with Crippen molar-refractivity contribution in [3.8, 4) is 0 Å². The summed E-state index contributed by atoms with van der Waals surface area (Å²) < 4.78 is 24.7. The molecule has 1 heterocycles. The maximum Gasteiger partial charge on any atom is 0.137 e. The van der Waals surface area contributed by atoms with Gasteiger partial charge >= 0.3 is 0 Å². The van der Waals surface area contributed by atoms with E-state index < -0.39 is 0 Å². The zero-order valence-electron chi connectivity index (χ0n) is 12.5. The largest absolute Gasteiger partial charge is 0.459 e. The normalized spacial score (nSPS) is 11.7. The van der Waals surface area contributed by atoms with Gasteiger partial charge in [0.25, 0.3) is 0 Å². The molecule has 0 atom stereocenters. The Kier molecular flexibility index (Phi) is 4.78. The van der Waals surface area contributed by atoms with Crippen molar-refractivity contribution in [3.05, 3.63) is 34.8 Å². The van der Waals surface area contributed by atoms with Crippen LogP contribution in [0.4, 0.5) is 4.39 Å². The second kappa shape index (κ2) is 6.37. The quantitative estimate of drug-likeness (QED) is 0.874. The van der Waals surface area contributed by atoms with Crippen LogP contribution < -0.4 is 5.32 Å². The highest BCUT2D eigenvalue weighted by Gasteiger charge is 2.16. The van der Waals surface area contributed by atoms with E-state index in [-0.39, 0.29) is 5.82 Å². The lowest BCUT2D eigenvalue weighted by Crippen LogP contribution is -2.19. The summed E-state index contributed by atoms with van der Waals surface area (Å²) in [6.07, 6.45) is 0. The number of methoxy groups -OCH3 is 1. The van der Waals surface area contributed by atoms with Crippen LogP contribution in [0.3, 0.4) is 0 Å². The summed E-state index contributed by atoms with van der Waals surface area (Å²) in [5, 5.41) is 4.16. The van der Waals surface area contributed by atoms with Crippen LogP contribution in [0.5, 0.6) is 0 Å². The molecule has 1 aromatic heterocycles. The van der Waals surface area contributed by atoms with Gasteiger partial charge in [0.2, 0.25) is 0 Å². The SMILES string of the molecule is COCc1c(CNCC(C)C)oc2c(C)cc(F)cc12. The van der Waals surface area contributed by atoms with Gasteiger partial charge in [-0.15, -0.1) is 0 Å². The lowest BCUT2D eigenvalue weighted by Gasteiger charge is -2.07. The second-order valence-electron chi connectivity index (χ2n) is 5.56. The molecule has 0 aliphatic carbocycles. The van der Waals surface area contributed by atoms with Crippen LogP contribution >= 0.6 is 0 Å². The highest BCUT2D eigenvalue weighted by atomic mass is 19.1. The summed E-state index contributed by atoms with van der Waals surface area (Å²) in [5.41, 5.74) is 2.49. The minimum Gasteiger partial charge on any atom is -0.459 e. The fourth-order valence-electron chi connectivity index (χ4n) is 2.34. The molecule has 0 bridgehead atoms. The van der Waals surface area contributed by atoms with Crippen LogP contribution in [0.1, 0.15) is 30.7 Å². The molecule has 0 aliphatic heterocycles. The van der Waals surface area contributed by atoms with Crippen molar-refractivity contribution in [3.63, 3.8) is 0 Å². The third-order valence-electron chi connectivity index (χ3n) is 3.25. The molecule has 1 N–H and O–H groups in total. The molecule has 0 fully saturated rings. The Hall–Kier alpha value is -1.39. The Labute approximate surface area is 119 Å². The van der Waals surface area contributed by atoms with Gasteiger partial charge in [0.15, 0.2) is 0 Å². The molecule has 4 heteroatoms. The van der Waals surface area contributed by atoms with Crippen LogP contribution in [0, 0.1) is 18.7 Å². The van der Waals surface area contributed by atoms with Crippen LogP contribution in [0.2, 0.25) is 0 Å². The van der Waals surface area contributed by atoms with E-state index in [1.54, 1.807) is 7.11 Å². The summed E-state index contributed by atoms with van der Waals surface area (Å²) in [6.45, 7) is 8.14. The summed E-state index contributed by atoms with van der Waals surface area (Å²) >= 11 is 0. The molecule has 0 spiro atoms. The first-order chi connectivity index (χ1) is 9.52. The Morgan fingerprint density at radius 3 is 2.75 bits per heavy atom. The smallest absolute Gasteiger partial charge is 0.137 e. The molecule has 20 heavy (non-hydrogen) atoms. The van der Waals surface area contributed by atoms with Crippen molar-refractivity contribution in [1.29, 1.82) is 0 Å². The summed E-state index contributed by atoms with van der Waals surface area (Å²) in [7, 11) is 1.64. The third kappa shape index (κ3) is 3.19. The molecule has 0 aliphatic rings. The van der Waals surface area contributed by atoms with Crippen LogP contribution in [-0.2, 0) is 17.9 Å². The van der Waals surface area contributed by atoms with Crippen LogP contribution in [-0.4, -0.2) is 13.7 Å². The van der Waals surface area contributed by atoms with Gasteiger partial charge in [-0.3, -0.25) is 0 Å². The molecule has 110 valence electrons. The predicted octanol–water partition coefficient (Wildman–Crippen LogP) is 3.77. The zero-order valence-corrected chi connectivity index (χ0v) is 12.5. The molecule has 0 radical (unpaired) electrons. The van der Waals surface area contributed by atoms with E-state index in [4.69, 9.17) is 9.15 Å². The molecule has 0 saturated carbocycles. The highest BCUT2D eigenvalue weighted by Crippen LogP contribution is 2.30. The van der Waals surface area contributed by atoms with Crippen LogP contribution in [0.15, 0.2) is 16.5 Å². The summed E-state index contributed by atoms with van der Waals surface area (Å²) in [5.74, 6) is 1.16. The number of nitrogens with one attached hydrogen (secondary N) is 1. The van der Waals surface area contributed by atoms with Gasteiger partial charge in [0.1, 0.15) is 17.2 Å². The molecule has 2 rings (SSSR count). The molecular formula is C16H22FNO2. The topological polar surface area (TPSA) is 34.4 Å². The van der Waals surface area contributed by atoms with Crippen molar-refractivity contribution >= 4 is 11.0 Å². The van der Waals surface area contributed by atoms with Gasteiger partial charge in [-0.25, -0.2) is 4.39 Å². The van der Waals surface area contributed by atoms with Crippen molar-refractivity contribution in [1.82, 2.24) is 5.32 Å². The van der Waals surface area contributed by atoms with Gasteiger partial charge in [-0.05, 0) is 37.1 Å². The highest BCUT2D eigenvalue weighted by molar-refractivity contribution is 5.85. The first-order valence-electron chi connectivity index (χ1n) is 6.93. The zero-order chi connectivity index (χ0) is 14.7. The number of aryl methyl sites for hydroxylation is 1. The molecule has 2 aromatic rings. The first-order valence-corrected chi connectivity index (χ1v) is 6.93. The standard InChI is InChI=1S/C16H22FNO2/c1-10(2)7-18-8-15-14(9-19-4)13-6-12(17)5-11(3)16(13)20-15/h5-6,10,18H,7-9H2,1-4H3. The van der Waals surface area contributed by atoms with E-state index in [0.29, 0.717) is 19.1 Å². The average Bonchev–Trinajstić information content (AvgIpc) is 2.69. The van der Waals surface area contributed by atoms with Crippen molar-refractivity contribution in [2.75, 3.05) is 13.7 Å². The molecule has 0 unspecified atom stereocenters. The van der Waals surface area contributed by atoms with Gasteiger partial charge < -0.3 is 14.5 Å². The Balaban J connectivity index is 2.37. The lowest BCUT2D eigenvalue weighted by molar-refractivity contribution is 0.183. The van der Waals surface area contributed by atoms with Gasteiger partial charge in [0.05, 0.1) is 13.2 Å². The maximum absolute atomic E-state index is 13.6. The minimum absolute atomic E-state index is 0.241. The van der Waals surface area contributed by atoms with E-state index >= 15 is 0 Å². The molecule has 3 nitrogen and oxygen atoms in total. The molecule has 0 amide bonds. The Morgan fingerprint density at radius 1 is 1.35 bits per heavy atom. The van der Waals surface area contributed by atoms with Crippen molar-refractivity contribution in [2.24, 2.45) is 5.92 Å². The average molecular weight is 279 g/mol. The number of rotatable bonds is 6. The second-order valence-corrected chi connectivity index (χ2v) is 5.56. The van der Waals surface area contributed by atoms with Gasteiger partial charge in [-0.1, -0.05) is 13.8 Å². The number of furan rings is 1. The monoisotopic (exact) mass is 279 g/mol. The fourth-order valence-corrected chi connectivity index (χ4v) is 2.34. The third-order valence-corrected chi connectivity index (χ3v) is 3.25. The maximum atomic E-state index is 13.6. The van der Waals surface area contributed by atoms with Crippen molar-refractivity contribution in [2.45, 2.75) is 33.9 Å². The number of fused-ring (bicyclic) bond motifs is 1. The number of hydrogen-bond donors (Lipinski definition) is 1. The number of halogens is 1. The van der Waals surface area contributed by atoms with E-state index in [9.17, 15) is 4.39 Å². The summed E-state index contributed by atoms with van der Waals surface area (Å²) in [4.78, 5) is 0. The minimum atomic E-state index is -0.241. The van der Waals surface area contributed by atoms with Crippen molar-refractivity contribution < 1.29 is 13.5 Å². The molecule has 1 aromatic carbocycles. The van der Waals surface area contributed by atoms with E-state index in [2.05, 4.69) is 19.2 Å². The number of ether oxygens (including phenoxy) is 1. The first kappa shape index (κ1) is 15.0. The number of hydrogen-bond acceptors (Lipinski definition) is 3. The Bertz CT molecular complexity index is 590. The van der Waals surface area contributed by atoms with Crippen LogP contribution in [0.25, 0.3) is 11.0 Å². The fraction of sp³-hybridized carbons (Fsp3) is 0.500. The molecule has 0 saturated heterocycles. The predicted molar refractivity (Wildman–Crippen MR) is 78.2 cm³/mol.